The minimum Gasteiger partial charge on any atom is -0.343 e. The average molecular weight is 256 g/mol. The first kappa shape index (κ1) is 11.6. The number of aromatic amines is 1. The number of fused-ring (bicyclic) bond motifs is 1. The third-order valence-corrected chi connectivity index (χ3v) is 3.84. The van der Waals surface area contributed by atoms with E-state index in [0.717, 1.165) is 28.9 Å². The van der Waals surface area contributed by atoms with Crippen molar-refractivity contribution < 1.29 is 0 Å². The van der Waals surface area contributed by atoms with Gasteiger partial charge in [-0.1, -0.05) is 36.0 Å². The predicted octanol–water partition coefficient (Wildman–Crippen LogP) is 3.99. The Balaban J connectivity index is 2.14. The van der Waals surface area contributed by atoms with Crippen LogP contribution in [0.25, 0.3) is 11.4 Å². The molecular formula is C15H16N2S. The van der Waals surface area contributed by atoms with Gasteiger partial charge in [-0.3, -0.25) is 0 Å². The van der Waals surface area contributed by atoms with Gasteiger partial charge in [-0.05, 0) is 38.7 Å². The van der Waals surface area contributed by atoms with E-state index in [1.165, 1.54) is 29.7 Å². The van der Waals surface area contributed by atoms with Crippen LogP contribution in [0.3, 0.4) is 0 Å². The molecule has 3 heteroatoms. The highest BCUT2D eigenvalue weighted by Crippen LogP contribution is 2.23. The van der Waals surface area contributed by atoms with Crippen molar-refractivity contribution in [1.82, 2.24) is 9.97 Å². The monoisotopic (exact) mass is 256 g/mol. The van der Waals surface area contributed by atoms with Crippen molar-refractivity contribution in [2.24, 2.45) is 0 Å². The summed E-state index contributed by atoms with van der Waals surface area (Å²) in [4.78, 5) is 8.03. The normalized spacial score (nSPS) is 14.3. The number of H-pyrrole nitrogens is 1. The molecule has 0 saturated heterocycles. The number of aryl methyl sites for hydroxylation is 2. The van der Waals surface area contributed by atoms with E-state index in [1.807, 2.05) is 0 Å². The fourth-order valence-electron chi connectivity index (χ4n) is 2.55. The van der Waals surface area contributed by atoms with Crippen LogP contribution in [0.5, 0.6) is 0 Å². The van der Waals surface area contributed by atoms with Gasteiger partial charge in [0.25, 0.3) is 0 Å². The predicted molar refractivity (Wildman–Crippen MR) is 76.2 cm³/mol. The summed E-state index contributed by atoms with van der Waals surface area (Å²) in [6, 6.07) is 8.37. The van der Waals surface area contributed by atoms with Crippen molar-refractivity contribution in [2.45, 2.75) is 32.6 Å². The molecule has 2 nitrogen and oxygen atoms in total. The van der Waals surface area contributed by atoms with Gasteiger partial charge in [0, 0.05) is 16.8 Å². The van der Waals surface area contributed by atoms with Gasteiger partial charge in [0.05, 0.1) is 0 Å². The molecule has 0 bridgehead atoms. The summed E-state index contributed by atoms with van der Waals surface area (Å²) < 4.78 is 0.778. The van der Waals surface area contributed by atoms with Gasteiger partial charge in [0.1, 0.15) is 10.5 Å². The molecule has 0 atom stereocenters. The third kappa shape index (κ3) is 2.10. The lowest BCUT2D eigenvalue weighted by Gasteiger charge is -2.16. The van der Waals surface area contributed by atoms with E-state index in [1.54, 1.807) is 0 Å². The molecular weight excluding hydrogens is 240 g/mol. The van der Waals surface area contributed by atoms with Gasteiger partial charge in [0.2, 0.25) is 0 Å². The Labute approximate surface area is 112 Å². The van der Waals surface area contributed by atoms with E-state index in [4.69, 9.17) is 12.2 Å². The standard InChI is InChI=1S/C15H16N2S/c1-10-5-4-6-11(9-10)14-16-13-8-3-2-7-12(13)15(18)17-14/h4-6,9H,2-3,7-8H2,1H3,(H,16,17,18). The molecule has 1 heterocycles. The zero-order valence-corrected chi connectivity index (χ0v) is 11.3. The van der Waals surface area contributed by atoms with Crippen molar-refractivity contribution in [1.29, 1.82) is 0 Å². The maximum Gasteiger partial charge on any atom is 0.139 e. The van der Waals surface area contributed by atoms with Gasteiger partial charge in [-0.15, -0.1) is 0 Å². The SMILES string of the molecule is Cc1cccc(-c2nc(=S)c3c([nH]2)CCCC3)c1. The van der Waals surface area contributed by atoms with Crippen LogP contribution < -0.4 is 0 Å². The first-order chi connectivity index (χ1) is 8.74. The summed E-state index contributed by atoms with van der Waals surface area (Å²) in [5.41, 5.74) is 4.91. The molecule has 0 unspecified atom stereocenters. The number of aromatic nitrogens is 2. The largest absolute Gasteiger partial charge is 0.343 e. The summed E-state index contributed by atoms with van der Waals surface area (Å²) in [7, 11) is 0. The molecule has 3 rings (SSSR count). The van der Waals surface area contributed by atoms with Crippen molar-refractivity contribution in [3.05, 3.63) is 45.7 Å². The quantitative estimate of drug-likeness (QED) is 0.781. The van der Waals surface area contributed by atoms with Crippen LogP contribution in [0.15, 0.2) is 24.3 Å². The minimum atomic E-state index is 0.778. The van der Waals surface area contributed by atoms with Crippen LogP contribution >= 0.6 is 12.2 Å². The lowest BCUT2D eigenvalue weighted by Crippen LogP contribution is -2.08. The Morgan fingerprint density at radius 2 is 2.06 bits per heavy atom. The second-order valence-electron chi connectivity index (χ2n) is 4.92. The highest BCUT2D eigenvalue weighted by molar-refractivity contribution is 7.71. The van der Waals surface area contributed by atoms with Crippen LogP contribution in [0.2, 0.25) is 0 Å². The Morgan fingerprint density at radius 1 is 1.22 bits per heavy atom. The molecule has 1 aliphatic rings. The van der Waals surface area contributed by atoms with Crippen LogP contribution in [0.1, 0.15) is 29.7 Å². The minimum absolute atomic E-state index is 0.778. The highest BCUT2D eigenvalue weighted by atomic mass is 32.1. The van der Waals surface area contributed by atoms with Crippen molar-refractivity contribution >= 4 is 12.2 Å². The fraction of sp³-hybridized carbons (Fsp3) is 0.333. The van der Waals surface area contributed by atoms with E-state index in [9.17, 15) is 0 Å². The summed E-state index contributed by atoms with van der Waals surface area (Å²) in [6.45, 7) is 2.09. The molecule has 0 saturated carbocycles. The zero-order chi connectivity index (χ0) is 12.5. The molecule has 0 aliphatic heterocycles. The number of benzene rings is 1. The highest BCUT2D eigenvalue weighted by Gasteiger charge is 2.13. The maximum atomic E-state index is 5.43. The first-order valence-electron chi connectivity index (χ1n) is 6.43. The molecule has 18 heavy (non-hydrogen) atoms. The van der Waals surface area contributed by atoms with Gasteiger partial charge in [-0.25, -0.2) is 4.98 Å². The maximum absolute atomic E-state index is 5.43. The summed E-state index contributed by atoms with van der Waals surface area (Å²) >= 11 is 5.43. The Kier molecular flexibility index (Phi) is 3.00. The number of hydrogen-bond donors (Lipinski definition) is 1. The lowest BCUT2D eigenvalue weighted by molar-refractivity contribution is 0.661. The molecule has 1 N–H and O–H groups in total. The van der Waals surface area contributed by atoms with E-state index in [0.29, 0.717) is 0 Å². The van der Waals surface area contributed by atoms with Gasteiger partial charge < -0.3 is 4.98 Å². The molecule has 1 aromatic heterocycles. The fourth-order valence-corrected chi connectivity index (χ4v) is 2.86. The average Bonchev–Trinajstić information content (AvgIpc) is 2.39. The second-order valence-corrected chi connectivity index (χ2v) is 5.31. The topological polar surface area (TPSA) is 28.7 Å². The molecule has 0 amide bonds. The molecule has 0 fully saturated rings. The second kappa shape index (κ2) is 4.65. The van der Waals surface area contributed by atoms with Crippen LogP contribution in [-0.2, 0) is 12.8 Å². The molecule has 1 aromatic carbocycles. The molecule has 0 spiro atoms. The van der Waals surface area contributed by atoms with Gasteiger partial charge >= 0.3 is 0 Å². The zero-order valence-electron chi connectivity index (χ0n) is 10.5. The van der Waals surface area contributed by atoms with Crippen molar-refractivity contribution in [2.75, 3.05) is 0 Å². The summed E-state index contributed by atoms with van der Waals surface area (Å²) in [5.74, 6) is 0.907. The van der Waals surface area contributed by atoms with Crippen LogP contribution in [0, 0.1) is 11.6 Å². The smallest absolute Gasteiger partial charge is 0.139 e. The molecule has 0 radical (unpaired) electrons. The van der Waals surface area contributed by atoms with Crippen molar-refractivity contribution in [3.8, 4) is 11.4 Å². The Bertz CT molecular complexity index is 643. The lowest BCUT2D eigenvalue weighted by atomic mass is 9.97. The van der Waals surface area contributed by atoms with E-state index in [2.05, 4.69) is 41.2 Å². The molecule has 92 valence electrons. The first-order valence-corrected chi connectivity index (χ1v) is 6.84. The Morgan fingerprint density at radius 3 is 2.89 bits per heavy atom. The number of nitrogens with zero attached hydrogens (tertiary/aromatic N) is 1. The summed E-state index contributed by atoms with van der Waals surface area (Å²) in [6.07, 6.45) is 4.65. The number of nitrogens with one attached hydrogen (secondary N) is 1. The number of rotatable bonds is 1. The summed E-state index contributed by atoms with van der Waals surface area (Å²) in [5, 5.41) is 0. The van der Waals surface area contributed by atoms with E-state index < -0.39 is 0 Å². The third-order valence-electron chi connectivity index (χ3n) is 3.50. The Hall–Kier alpha value is -1.48. The number of hydrogen-bond acceptors (Lipinski definition) is 2. The van der Waals surface area contributed by atoms with Crippen LogP contribution in [0.4, 0.5) is 0 Å². The van der Waals surface area contributed by atoms with E-state index in [-0.39, 0.29) is 0 Å². The molecule has 2 aromatic rings. The van der Waals surface area contributed by atoms with E-state index >= 15 is 0 Å². The van der Waals surface area contributed by atoms with Crippen LogP contribution in [-0.4, -0.2) is 9.97 Å². The van der Waals surface area contributed by atoms with Gasteiger partial charge in [0.15, 0.2) is 0 Å². The van der Waals surface area contributed by atoms with Crippen molar-refractivity contribution in [3.63, 3.8) is 0 Å². The molecule has 1 aliphatic carbocycles. The van der Waals surface area contributed by atoms with Gasteiger partial charge in [-0.2, -0.15) is 0 Å².